The first-order chi connectivity index (χ1) is 15.0. The third-order valence-electron chi connectivity index (χ3n) is 6.94. The van der Waals surface area contributed by atoms with Gasteiger partial charge in [0.2, 0.25) is 6.71 Å². The summed E-state index contributed by atoms with van der Waals surface area (Å²) >= 11 is 0. The molecular weight excluding hydrogens is 373 g/mol. The lowest BCUT2D eigenvalue weighted by atomic mass is 9.32. The summed E-state index contributed by atoms with van der Waals surface area (Å²) in [7, 11) is 0. The molecule has 0 aromatic heterocycles. The molecule has 0 saturated carbocycles. The Morgan fingerprint density at radius 2 is 1.26 bits per heavy atom. The van der Waals surface area contributed by atoms with E-state index in [0.717, 1.165) is 6.42 Å². The van der Waals surface area contributed by atoms with Gasteiger partial charge in [-0.1, -0.05) is 70.7 Å². The van der Waals surface area contributed by atoms with Gasteiger partial charge in [0, 0.05) is 17.1 Å². The lowest BCUT2D eigenvalue weighted by Crippen LogP contribution is -2.61. The van der Waals surface area contributed by atoms with Crippen molar-refractivity contribution < 1.29 is 0 Å². The van der Waals surface area contributed by atoms with Gasteiger partial charge in [0.25, 0.3) is 0 Å². The number of hydrogen-bond donors (Lipinski definition) is 0. The largest absolute Gasteiger partial charge is 0.312 e. The molecule has 2 heterocycles. The number of nitrogens with zero attached hydrogens (tertiary/aromatic N) is 1. The SMILES string of the molecule is Cc1ccc(N2c3ccc(C)cc3B3c4cc(C)ccc4Cc4cc(C)cc2c43)cc1. The van der Waals surface area contributed by atoms with Crippen molar-refractivity contribution in [3.63, 3.8) is 0 Å². The third-order valence-corrected chi connectivity index (χ3v) is 6.94. The average molecular weight is 399 g/mol. The van der Waals surface area contributed by atoms with Crippen molar-refractivity contribution in [2.45, 2.75) is 34.1 Å². The van der Waals surface area contributed by atoms with Crippen molar-refractivity contribution in [1.82, 2.24) is 0 Å². The van der Waals surface area contributed by atoms with Crippen LogP contribution in [0.15, 0.2) is 72.8 Å². The highest BCUT2D eigenvalue weighted by molar-refractivity contribution is 6.98. The van der Waals surface area contributed by atoms with Crippen LogP contribution in [0.5, 0.6) is 0 Å². The lowest BCUT2D eigenvalue weighted by Gasteiger charge is -2.41. The van der Waals surface area contributed by atoms with E-state index in [0.29, 0.717) is 6.71 Å². The number of rotatable bonds is 1. The fourth-order valence-electron chi connectivity index (χ4n) is 5.56. The topological polar surface area (TPSA) is 3.24 Å². The monoisotopic (exact) mass is 399 g/mol. The Bertz CT molecular complexity index is 1350. The fourth-order valence-corrected chi connectivity index (χ4v) is 5.56. The van der Waals surface area contributed by atoms with Gasteiger partial charge in [0.15, 0.2) is 0 Å². The molecule has 31 heavy (non-hydrogen) atoms. The zero-order valence-electron chi connectivity index (χ0n) is 18.7. The molecule has 0 atom stereocenters. The van der Waals surface area contributed by atoms with Crippen molar-refractivity contribution in [1.29, 1.82) is 0 Å². The van der Waals surface area contributed by atoms with Crippen molar-refractivity contribution >= 4 is 40.2 Å². The molecule has 4 aromatic rings. The molecule has 0 bridgehead atoms. The minimum atomic E-state index is 0.297. The predicted molar refractivity (Wildman–Crippen MR) is 134 cm³/mol. The molecule has 0 saturated heterocycles. The summed E-state index contributed by atoms with van der Waals surface area (Å²) in [5, 5.41) is 0. The van der Waals surface area contributed by atoms with Gasteiger partial charge in [-0.25, -0.2) is 0 Å². The molecule has 2 aliphatic rings. The summed E-state index contributed by atoms with van der Waals surface area (Å²) in [6.07, 6.45) is 1.01. The number of benzene rings is 4. The molecule has 2 heteroatoms. The van der Waals surface area contributed by atoms with Gasteiger partial charge in [-0.2, -0.15) is 0 Å². The van der Waals surface area contributed by atoms with Gasteiger partial charge < -0.3 is 4.90 Å². The number of aryl methyl sites for hydroxylation is 4. The van der Waals surface area contributed by atoms with E-state index in [1.807, 2.05) is 0 Å². The second kappa shape index (κ2) is 6.62. The molecule has 0 aliphatic carbocycles. The van der Waals surface area contributed by atoms with Crippen molar-refractivity contribution in [2.24, 2.45) is 0 Å². The Morgan fingerprint density at radius 3 is 2.03 bits per heavy atom. The minimum absolute atomic E-state index is 0.297. The molecule has 4 aromatic carbocycles. The second-order valence-electron chi connectivity index (χ2n) is 9.40. The molecule has 6 rings (SSSR count). The standard InChI is InChI=1S/C29H26BN/c1-18-6-10-24(11-7-18)31-27-12-8-20(3)15-26(27)30-25-14-19(2)5-9-22(25)17-23-13-21(4)16-28(31)29(23)30/h5-16H,17H2,1-4H3. The lowest BCUT2D eigenvalue weighted by molar-refractivity contribution is 1.17. The Labute approximate surface area is 185 Å². The first-order valence-electron chi connectivity index (χ1n) is 11.2. The summed E-state index contributed by atoms with van der Waals surface area (Å²) in [5.41, 5.74) is 16.5. The Morgan fingerprint density at radius 1 is 0.581 bits per heavy atom. The maximum absolute atomic E-state index is 2.48. The molecule has 1 nitrogen and oxygen atoms in total. The first-order valence-corrected chi connectivity index (χ1v) is 11.2. The van der Waals surface area contributed by atoms with Gasteiger partial charge in [-0.15, -0.1) is 0 Å². The van der Waals surface area contributed by atoms with Crippen molar-refractivity contribution in [2.75, 3.05) is 4.90 Å². The molecular formula is C29H26BN. The third kappa shape index (κ3) is 2.78. The molecule has 0 spiro atoms. The summed E-state index contributed by atoms with van der Waals surface area (Å²) in [6, 6.07) is 27.7. The van der Waals surface area contributed by atoms with E-state index in [4.69, 9.17) is 0 Å². The van der Waals surface area contributed by atoms with Gasteiger partial charge >= 0.3 is 0 Å². The van der Waals surface area contributed by atoms with E-state index >= 15 is 0 Å². The molecule has 0 radical (unpaired) electrons. The van der Waals surface area contributed by atoms with Crippen LogP contribution >= 0.6 is 0 Å². The Kier molecular flexibility index (Phi) is 3.95. The number of anilines is 3. The van der Waals surface area contributed by atoms with E-state index in [1.54, 1.807) is 0 Å². The van der Waals surface area contributed by atoms with Crippen LogP contribution in [0.25, 0.3) is 0 Å². The maximum Gasteiger partial charge on any atom is 0.247 e. The van der Waals surface area contributed by atoms with Crippen LogP contribution in [-0.2, 0) is 6.42 Å². The highest BCUT2D eigenvalue weighted by atomic mass is 15.1. The zero-order valence-corrected chi connectivity index (χ0v) is 18.7. The quantitative estimate of drug-likeness (QED) is 0.347. The Hall–Kier alpha value is -3.26. The van der Waals surface area contributed by atoms with Crippen LogP contribution in [0.4, 0.5) is 17.1 Å². The predicted octanol–water partition coefficient (Wildman–Crippen LogP) is 5.12. The van der Waals surface area contributed by atoms with Crippen molar-refractivity contribution in [3.8, 4) is 0 Å². The smallest absolute Gasteiger partial charge is 0.247 e. The van der Waals surface area contributed by atoms with Gasteiger partial charge in [-0.3, -0.25) is 0 Å². The van der Waals surface area contributed by atoms with Crippen LogP contribution < -0.4 is 21.3 Å². The normalized spacial score (nSPS) is 13.5. The van der Waals surface area contributed by atoms with E-state index in [1.165, 1.54) is 66.8 Å². The van der Waals surface area contributed by atoms with E-state index in [-0.39, 0.29) is 0 Å². The number of hydrogen-bond acceptors (Lipinski definition) is 1. The molecule has 0 fully saturated rings. The summed E-state index contributed by atoms with van der Waals surface area (Å²) < 4.78 is 0. The molecule has 0 unspecified atom stereocenters. The summed E-state index contributed by atoms with van der Waals surface area (Å²) in [4.78, 5) is 2.48. The minimum Gasteiger partial charge on any atom is -0.312 e. The molecule has 2 aliphatic heterocycles. The van der Waals surface area contributed by atoms with E-state index in [2.05, 4.69) is 105 Å². The second-order valence-corrected chi connectivity index (χ2v) is 9.40. The van der Waals surface area contributed by atoms with Crippen LogP contribution in [0.1, 0.15) is 33.4 Å². The number of fused-ring (bicyclic) bond motifs is 4. The van der Waals surface area contributed by atoms with E-state index in [9.17, 15) is 0 Å². The molecule has 0 amide bonds. The first kappa shape index (κ1) is 18.5. The fraction of sp³-hybridized carbons (Fsp3) is 0.172. The van der Waals surface area contributed by atoms with Gasteiger partial charge in [-0.05, 0) is 86.0 Å². The highest BCUT2D eigenvalue weighted by Gasteiger charge is 2.40. The van der Waals surface area contributed by atoms with Crippen LogP contribution in [-0.4, -0.2) is 6.71 Å². The summed E-state index contributed by atoms with van der Waals surface area (Å²) in [6.45, 7) is 9.10. The van der Waals surface area contributed by atoms with Crippen LogP contribution in [0.3, 0.4) is 0 Å². The summed E-state index contributed by atoms with van der Waals surface area (Å²) in [5.74, 6) is 0. The molecule has 0 N–H and O–H groups in total. The average Bonchev–Trinajstić information content (AvgIpc) is 2.74. The molecule has 150 valence electrons. The van der Waals surface area contributed by atoms with E-state index < -0.39 is 0 Å². The highest BCUT2D eigenvalue weighted by Crippen LogP contribution is 2.38. The Balaban J connectivity index is 1.71. The van der Waals surface area contributed by atoms with Gasteiger partial charge in [0.1, 0.15) is 0 Å². The van der Waals surface area contributed by atoms with Crippen LogP contribution in [0.2, 0.25) is 0 Å². The van der Waals surface area contributed by atoms with Gasteiger partial charge in [0.05, 0.1) is 0 Å². The van der Waals surface area contributed by atoms with Crippen molar-refractivity contribution in [3.05, 3.63) is 106 Å². The maximum atomic E-state index is 2.48. The van der Waals surface area contributed by atoms with Crippen LogP contribution in [0, 0.1) is 27.7 Å². The zero-order chi connectivity index (χ0) is 21.3.